The third kappa shape index (κ3) is 1.32. The van der Waals surface area contributed by atoms with Crippen molar-refractivity contribution in [3.63, 3.8) is 0 Å². The molecule has 14 heavy (non-hydrogen) atoms. The van der Waals surface area contributed by atoms with Crippen LogP contribution in [0.2, 0.25) is 0 Å². The maximum Gasteiger partial charge on any atom is 0.0459 e. The smallest absolute Gasteiger partial charge is 0.0459 e. The van der Waals surface area contributed by atoms with Gasteiger partial charge in [-0.25, -0.2) is 0 Å². The molecule has 2 heteroatoms. The Morgan fingerprint density at radius 1 is 1.29 bits per heavy atom. The third-order valence-corrected chi connectivity index (χ3v) is 2.65. The highest BCUT2D eigenvalue weighted by Crippen LogP contribution is 2.27. The summed E-state index contributed by atoms with van der Waals surface area (Å²) >= 11 is 0. The molecule has 0 spiro atoms. The first-order chi connectivity index (χ1) is 6.59. The number of aromatic nitrogens is 1. The molecule has 0 aliphatic heterocycles. The van der Waals surface area contributed by atoms with Crippen LogP contribution in [0.25, 0.3) is 10.9 Å². The third-order valence-electron chi connectivity index (χ3n) is 2.65. The summed E-state index contributed by atoms with van der Waals surface area (Å²) < 4.78 is 0. The second kappa shape index (κ2) is 3.14. The van der Waals surface area contributed by atoms with E-state index in [0.29, 0.717) is 0 Å². The Bertz CT molecular complexity index is 466. The second-order valence-electron chi connectivity index (χ2n) is 4.00. The van der Waals surface area contributed by atoms with Gasteiger partial charge in [-0.2, -0.15) is 0 Å². The van der Waals surface area contributed by atoms with E-state index in [9.17, 15) is 0 Å². The van der Waals surface area contributed by atoms with Crippen LogP contribution in [0.4, 0.5) is 0 Å². The lowest BCUT2D eigenvalue weighted by Gasteiger charge is -2.05. The number of nitrogens with one attached hydrogen (secondary N) is 1. The van der Waals surface area contributed by atoms with E-state index in [0.717, 1.165) is 0 Å². The van der Waals surface area contributed by atoms with Gasteiger partial charge in [0, 0.05) is 22.6 Å². The van der Waals surface area contributed by atoms with E-state index in [-0.39, 0.29) is 6.04 Å². The highest BCUT2D eigenvalue weighted by Gasteiger charge is 2.11. The van der Waals surface area contributed by atoms with Gasteiger partial charge in [0.25, 0.3) is 0 Å². The summed E-state index contributed by atoms with van der Waals surface area (Å²) in [6.45, 7) is 6.21. The lowest BCUT2D eigenvalue weighted by atomic mass is 10.0. The molecule has 0 bridgehead atoms. The Morgan fingerprint density at radius 2 is 2.00 bits per heavy atom. The number of hydrogen-bond acceptors (Lipinski definition) is 1. The Hall–Kier alpha value is -1.28. The van der Waals surface area contributed by atoms with E-state index in [2.05, 4.69) is 37.0 Å². The van der Waals surface area contributed by atoms with Crippen molar-refractivity contribution in [2.75, 3.05) is 0 Å². The van der Waals surface area contributed by atoms with Gasteiger partial charge in [0.2, 0.25) is 0 Å². The van der Waals surface area contributed by atoms with Gasteiger partial charge in [0.15, 0.2) is 0 Å². The van der Waals surface area contributed by atoms with Crippen molar-refractivity contribution in [2.45, 2.75) is 26.8 Å². The number of aryl methyl sites for hydroxylation is 2. The first-order valence-corrected chi connectivity index (χ1v) is 4.94. The molecule has 0 aliphatic carbocycles. The minimum Gasteiger partial charge on any atom is -0.358 e. The average molecular weight is 188 g/mol. The van der Waals surface area contributed by atoms with Crippen molar-refractivity contribution in [1.82, 2.24) is 4.98 Å². The molecule has 1 atom stereocenters. The van der Waals surface area contributed by atoms with Crippen LogP contribution in [0.5, 0.6) is 0 Å². The fourth-order valence-electron chi connectivity index (χ4n) is 2.05. The molecule has 0 saturated carbocycles. The van der Waals surface area contributed by atoms with Crippen LogP contribution < -0.4 is 5.73 Å². The number of hydrogen-bond donors (Lipinski definition) is 2. The Morgan fingerprint density at radius 3 is 2.64 bits per heavy atom. The first-order valence-electron chi connectivity index (χ1n) is 4.94. The highest BCUT2D eigenvalue weighted by atomic mass is 14.7. The molecule has 0 saturated heterocycles. The van der Waals surface area contributed by atoms with Crippen LogP contribution in [-0.2, 0) is 0 Å². The van der Waals surface area contributed by atoms with Gasteiger partial charge >= 0.3 is 0 Å². The van der Waals surface area contributed by atoms with Crippen molar-refractivity contribution in [3.05, 3.63) is 35.0 Å². The summed E-state index contributed by atoms with van der Waals surface area (Å²) in [7, 11) is 0. The van der Waals surface area contributed by atoms with E-state index in [1.54, 1.807) is 0 Å². The molecule has 0 amide bonds. The van der Waals surface area contributed by atoms with Crippen molar-refractivity contribution < 1.29 is 0 Å². The number of fused-ring (bicyclic) bond motifs is 1. The van der Waals surface area contributed by atoms with Crippen LogP contribution in [0.1, 0.15) is 29.8 Å². The molecule has 0 aliphatic rings. The number of aromatic amines is 1. The van der Waals surface area contributed by atoms with Gasteiger partial charge in [0.05, 0.1) is 0 Å². The van der Waals surface area contributed by atoms with E-state index < -0.39 is 0 Å². The van der Waals surface area contributed by atoms with Crippen molar-refractivity contribution >= 4 is 10.9 Å². The minimum atomic E-state index is 0.0885. The average Bonchev–Trinajstić information content (AvgIpc) is 2.40. The molecule has 1 heterocycles. The van der Waals surface area contributed by atoms with Crippen LogP contribution in [-0.4, -0.2) is 4.98 Å². The molecule has 2 rings (SSSR count). The van der Waals surface area contributed by atoms with Crippen LogP contribution >= 0.6 is 0 Å². The predicted molar refractivity (Wildman–Crippen MR) is 60.4 cm³/mol. The van der Waals surface area contributed by atoms with Crippen LogP contribution in [0.15, 0.2) is 18.2 Å². The van der Waals surface area contributed by atoms with E-state index in [1.165, 1.54) is 27.7 Å². The van der Waals surface area contributed by atoms with Gasteiger partial charge in [0.1, 0.15) is 0 Å². The van der Waals surface area contributed by atoms with Crippen molar-refractivity contribution in [3.8, 4) is 0 Å². The largest absolute Gasteiger partial charge is 0.358 e. The molecule has 1 aromatic heterocycles. The Kier molecular flexibility index (Phi) is 2.08. The highest BCUT2D eigenvalue weighted by molar-refractivity contribution is 5.85. The van der Waals surface area contributed by atoms with Crippen molar-refractivity contribution in [1.29, 1.82) is 0 Å². The number of H-pyrrole nitrogens is 1. The van der Waals surface area contributed by atoms with Crippen LogP contribution in [0, 0.1) is 13.8 Å². The van der Waals surface area contributed by atoms with E-state index in [4.69, 9.17) is 5.73 Å². The van der Waals surface area contributed by atoms with Gasteiger partial charge in [-0.1, -0.05) is 11.6 Å². The molecule has 0 radical (unpaired) electrons. The second-order valence-corrected chi connectivity index (χ2v) is 4.00. The fraction of sp³-hybridized carbons (Fsp3) is 0.333. The minimum absolute atomic E-state index is 0.0885. The Balaban J connectivity index is 2.79. The quantitative estimate of drug-likeness (QED) is 0.710. The molecule has 1 aromatic carbocycles. The van der Waals surface area contributed by atoms with E-state index in [1.807, 2.05) is 6.92 Å². The molecular formula is C12H16N2. The summed E-state index contributed by atoms with van der Waals surface area (Å²) in [4.78, 5) is 3.36. The van der Waals surface area contributed by atoms with E-state index >= 15 is 0 Å². The zero-order chi connectivity index (χ0) is 10.3. The standard InChI is InChI=1S/C12H16N2/c1-7-4-5-11-10(6-7)12(8(2)13)9(3)14-11/h4-6,8,14H,13H2,1-3H3/t8-/m1/s1. The lowest BCUT2D eigenvalue weighted by molar-refractivity contribution is 0.816. The molecule has 2 aromatic rings. The molecule has 3 N–H and O–H groups in total. The van der Waals surface area contributed by atoms with Gasteiger partial charge in [-0.05, 0) is 38.5 Å². The number of nitrogens with two attached hydrogens (primary N) is 1. The predicted octanol–water partition coefficient (Wildman–Crippen LogP) is 2.80. The van der Waals surface area contributed by atoms with Gasteiger partial charge < -0.3 is 10.7 Å². The zero-order valence-corrected chi connectivity index (χ0v) is 8.89. The Labute approximate surface area is 84.1 Å². The molecule has 2 nitrogen and oxygen atoms in total. The normalized spacial score (nSPS) is 13.4. The molecular weight excluding hydrogens is 172 g/mol. The number of rotatable bonds is 1. The van der Waals surface area contributed by atoms with Crippen molar-refractivity contribution in [2.24, 2.45) is 5.73 Å². The summed E-state index contributed by atoms with van der Waals surface area (Å²) in [6.07, 6.45) is 0. The maximum atomic E-state index is 5.96. The fourth-order valence-corrected chi connectivity index (χ4v) is 2.05. The maximum absolute atomic E-state index is 5.96. The van der Waals surface area contributed by atoms with Gasteiger partial charge in [-0.15, -0.1) is 0 Å². The summed E-state index contributed by atoms with van der Waals surface area (Å²) in [5, 5.41) is 1.26. The van der Waals surface area contributed by atoms with Gasteiger partial charge in [-0.3, -0.25) is 0 Å². The summed E-state index contributed by atoms with van der Waals surface area (Å²) in [5.74, 6) is 0. The summed E-state index contributed by atoms with van der Waals surface area (Å²) in [6, 6.07) is 6.51. The van der Waals surface area contributed by atoms with Crippen LogP contribution in [0.3, 0.4) is 0 Å². The number of benzene rings is 1. The molecule has 0 unspecified atom stereocenters. The molecule has 0 fully saturated rings. The molecule has 74 valence electrons. The zero-order valence-electron chi connectivity index (χ0n) is 8.89. The first kappa shape index (κ1) is 9.28. The monoisotopic (exact) mass is 188 g/mol. The summed E-state index contributed by atoms with van der Waals surface area (Å²) in [5.41, 5.74) is 10.8. The lowest BCUT2D eigenvalue weighted by Crippen LogP contribution is -2.05. The topological polar surface area (TPSA) is 41.8 Å². The SMILES string of the molecule is Cc1ccc2[nH]c(C)c([C@@H](C)N)c2c1.